The zero-order valence-electron chi connectivity index (χ0n) is 15.9. The minimum absolute atomic E-state index is 0.0192. The van der Waals surface area contributed by atoms with Crippen LogP contribution in [0.3, 0.4) is 0 Å². The van der Waals surface area contributed by atoms with Crippen LogP contribution in [0.25, 0.3) is 0 Å². The number of ketones is 1. The lowest BCUT2D eigenvalue weighted by Gasteiger charge is -2.21. The van der Waals surface area contributed by atoms with Crippen molar-refractivity contribution in [1.82, 2.24) is 21.5 Å². The number of Topliss-reactive ketones (excluding diaryl/α,β-unsaturated/α-hetero) is 1. The van der Waals surface area contributed by atoms with E-state index in [-0.39, 0.29) is 48.3 Å². The summed E-state index contributed by atoms with van der Waals surface area (Å²) in [6, 6.07) is -1.07. The third kappa shape index (κ3) is 10.4. The van der Waals surface area contributed by atoms with Crippen molar-refractivity contribution in [3.63, 3.8) is 0 Å². The highest BCUT2D eigenvalue weighted by molar-refractivity contribution is 8.00. The van der Waals surface area contributed by atoms with Crippen LogP contribution in [-0.2, 0) is 19.2 Å². The van der Waals surface area contributed by atoms with Gasteiger partial charge in [0.15, 0.2) is 0 Å². The Morgan fingerprint density at radius 3 is 2.31 bits per heavy atom. The van der Waals surface area contributed by atoms with Gasteiger partial charge in [-0.1, -0.05) is 20.3 Å². The zero-order chi connectivity index (χ0) is 20.1. The van der Waals surface area contributed by atoms with E-state index < -0.39 is 11.9 Å². The largest absolute Gasteiger partial charge is 0.368 e. The van der Waals surface area contributed by atoms with Gasteiger partial charge in [0.05, 0.1) is 11.8 Å². The van der Waals surface area contributed by atoms with Crippen LogP contribution in [0.15, 0.2) is 0 Å². The van der Waals surface area contributed by atoms with Crippen molar-refractivity contribution >= 4 is 35.3 Å². The molecule has 3 atom stereocenters. The highest BCUT2D eigenvalue weighted by Gasteiger charge is 2.23. The summed E-state index contributed by atoms with van der Waals surface area (Å²) >= 11 is 1.32. The molecule has 0 rings (SSSR count). The Balaban J connectivity index is 4.08. The molecule has 0 heterocycles. The minimum atomic E-state index is -0.707. The van der Waals surface area contributed by atoms with E-state index in [4.69, 9.17) is 5.73 Å². The summed E-state index contributed by atoms with van der Waals surface area (Å²) in [6.07, 6.45) is 0.777. The Kier molecular flexibility index (Phi) is 12.7. The predicted molar refractivity (Wildman–Crippen MR) is 102 cm³/mol. The molecule has 0 spiro atoms. The standard InChI is InChI=1S/C16H31N5O4S/c1-5-10(2)15(16(17)25)20-13(23)6-7-19-14(24)9-26-8-12(11(3)22)21-18-4/h10,12,15,18,21H,5-9H2,1-4H3,(H2,17,25)(H,19,24)(H,20,23)/t10-,12-,15-/m0/s1. The van der Waals surface area contributed by atoms with Gasteiger partial charge in [0, 0.05) is 18.7 Å². The Morgan fingerprint density at radius 1 is 1.15 bits per heavy atom. The van der Waals surface area contributed by atoms with Gasteiger partial charge in [-0.05, 0) is 19.9 Å². The number of hydrazine groups is 1. The lowest BCUT2D eigenvalue weighted by molar-refractivity contribution is -0.128. The molecule has 0 aromatic carbocycles. The van der Waals surface area contributed by atoms with Gasteiger partial charge in [0.1, 0.15) is 11.8 Å². The van der Waals surface area contributed by atoms with Gasteiger partial charge in [0.25, 0.3) is 0 Å². The first-order valence-corrected chi connectivity index (χ1v) is 9.74. The molecule has 3 amide bonds. The van der Waals surface area contributed by atoms with Crippen LogP contribution in [-0.4, -0.2) is 60.7 Å². The summed E-state index contributed by atoms with van der Waals surface area (Å²) in [6.45, 7) is 5.40. The van der Waals surface area contributed by atoms with Crippen molar-refractivity contribution in [3.05, 3.63) is 0 Å². The quantitative estimate of drug-likeness (QED) is 0.238. The van der Waals surface area contributed by atoms with E-state index in [0.29, 0.717) is 12.2 Å². The van der Waals surface area contributed by atoms with Crippen molar-refractivity contribution in [2.45, 2.75) is 45.7 Å². The van der Waals surface area contributed by atoms with E-state index in [1.54, 1.807) is 7.05 Å². The molecule has 150 valence electrons. The van der Waals surface area contributed by atoms with Crippen molar-refractivity contribution in [2.24, 2.45) is 11.7 Å². The smallest absolute Gasteiger partial charge is 0.240 e. The van der Waals surface area contributed by atoms with Gasteiger partial charge in [-0.15, -0.1) is 11.8 Å². The number of primary amides is 1. The van der Waals surface area contributed by atoms with Crippen LogP contribution in [0, 0.1) is 5.92 Å². The Morgan fingerprint density at radius 2 is 1.81 bits per heavy atom. The molecule has 0 saturated heterocycles. The van der Waals surface area contributed by atoms with Crippen molar-refractivity contribution < 1.29 is 19.2 Å². The van der Waals surface area contributed by atoms with E-state index in [0.717, 1.165) is 0 Å². The number of amides is 3. The monoisotopic (exact) mass is 389 g/mol. The molecule has 9 nitrogen and oxygen atoms in total. The highest BCUT2D eigenvalue weighted by atomic mass is 32.2. The van der Waals surface area contributed by atoms with Crippen LogP contribution in [0.5, 0.6) is 0 Å². The topological polar surface area (TPSA) is 142 Å². The lowest BCUT2D eigenvalue weighted by Crippen LogP contribution is -2.48. The molecule has 0 aliphatic carbocycles. The van der Waals surface area contributed by atoms with Gasteiger partial charge in [-0.25, -0.2) is 5.43 Å². The van der Waals surface area contributed by atoms with E-state index in [1.165, 1.54) is 18.7 Å². The Hall–Kier alpha value is -1.65. The van der Waals surface area contributed by atoms with E-state index in [1.807, 2.05) is 13.8 Å². The Bertz CT molecular complexity index is 489. The fourth-order valence-electron chi connectivity index (χ4n) is 2.05. The lowest BCUT2D eigenvalue weighted by atomic mass is 9.98. The molecule has 6 N–H and O–H groups in total. The van der Waals surface area contributed by atoms with Gasteiger partial charge in [-0.3, -0.25) is 24.6 Å². The normalized spacial score (nSPS) is 14.2. The fraction of sp³-hybridized carbons (Fsp3) is 0.750. The maximum atomic E-state index is 11.9. The number of carbonyl (C=O) groups excluding carboxylic acids is 4. The number of thioether (sulfide) groups is 1. The number of rotatable bonds is 14. The van der Waals surface area contributed by atoms with E-state index in [9.17, 15) is 19.2 Å². The molecule has 0 bridgehead atoms. The van der Waals surface area contributed by atoms with Crippen LogP contribution in [0.1, 0.15) is 33.6 Å². The molecule has 26 heavy (non-hydrogen) atoms. The molecule has 0 saturated carbocycles. The highest BCUT2D eigenvalue weighted by Crippen LogP contribution is 2.07. The second-order valence-electron chi connectivity index (χ2n) is 6.01. The third-order valence-corrected chi connectivity index (χ3v) is 4.87. The molecule has 0 aromatic rings. The second-order valence-corrected chi connectivity index (χ2v) is 7.04. The van der Waals surface area contributed by atoms with Crippen molar-refractivity contribution in [3.8, 4) is 0 Å². The minimum Gasteiger partial charge on any atom is -0.368 e. The summed E-state index contributed by atoms with van der Waals surface area (Å²) in [5, 5.41) is 5.24. The van der Waals surface area contributed by atoms with E-state index in [2.05, 4.69) is 21.5 Å². The van der Waals surface area contributed by atoms with Gasteiger partial charge in [-0.2, -0.15) is 0 Å². The first-order valence-electron chi connectivity index (χ1n) is 8.58. The maximum Gasteiger partial charge on any atom is 0.240 e. The molecular weight excluding hydrogens is 358 g/mol. The molecular formula is C16H31N5O4S. The Labute approximate surface area is 158 Å². The number of carbonyl (C=O) groups is 4. The summed E-state index contributed by atoms with van der Waals surface area (Å²) in [5.41, 5.74) is 10.8. The molecule has 0 aliphatic rings. The zero-order valence-corrected chi connectivity index (χ0v) is 16.7. The molecule has 0 aliphatic heterocycles. The molecule has 0 unspecified atom stereocenters. The maximum absolute atomic E-state index is 11.9. The molecule has 0 aromatic heterocycles. The number of hydrogen-bond donors (Lipinski definition) is 5. The summed E-state index contributed by atoms with van der Waals surface area (Å²) in [7, 11) is 1.67. The summed E-state index contributed by atoms with van der Waals surface area (Å²) < 4.78 is 0. The summed E-state index contributed by atoms with van der Waals surface area (Å²) in [5.74, 6) is -0.548. The number of nitrogens with one attached hydrogen (secondary N) is 4. The van der Waals surface area contributed by atoms with Gasteiger partial charge < -0.3 is 16.4 Å². The fourth-order valence-corrected chi connectivity index (χ4v) is 3.01. The molecule has 0 fully saturated rings. The van der Waals surface area contributed by atoms with Crippen molar-refractivity contribution in [1.29, 1.82) is 0 Å². The molecule has 0 radical (unpaired) electrons. The average molecular weight is 390 g/mol. The van der Waals surface area contributed by atoms with Gasteiger partial charge >= 0.3 is 0 Å². The molecule has 10 heteroatoms. The predicted octanol–water partition coefficient (Wildman–Crippen LogP) is -1.08. The number of hydrogen-bond acceptors (Lipinski definition) is 7. The second kappa shape index (κ2) is 13.5. The van der Waals surface area contributed by atoms with Crippen LogP contribution in [0.2, 0.25) is 0 Å². The van der Waals surface area contributed by atoms with Crippen LogP contribution in [0.4, 0.5) is 0 Å². The average Bonchev–Trinajstić information content (AvgIpc) is 2.57. The van der Waals surface area contributed by atoms with Crippen LogP contribution < -0.4 is 27.2 Å². The van der Waals surface area contributed by atoms with Crippen molar-refractivity contribution in [2.75, 3.05) is 25.1 Å². The number of nitrogens with two attached hydrogens (primary N) is 1. The van der Waals surface area contributed by atoms with E-state index >= 15 is 0 Å². The SMILES string of the molecule is CC[C@H](C)[C@H](NC(=O)CCNC(=O)CSC[C@H](NNC)C(C)=O)C(N)=O. The summed E-state index contributed by atoms with van der Waals surface area (Å²) in [4.78, 5) is 46.4. The third-order valence-electron chi connectivity index (χ3n) is 3.84. The first-order chi connectivity index (χ1) is 12.2. The van der Waals surface area contributed by atoms with Gasteiger partial charge in [0.2, 0.25) is 17.7 Å². The van der Waals surface area contributed by atoms with Crippen LogP contribution >= 0.6 is 11.8 Å². The first kappa shape index (κ1) is 24.4.